The molecule has 2 unspecified atom stereocenters. The molecule has 7 nitrogen and oxygen atoms in total. The minimum Gasteiger partial charge on any atom is -0.507 e. The molecule has 5 aromatic carbocycles. The second kappa shape index (κ2) is 11.1. The number of pyridine rings is 1. The van der Waals surface area contributed by atoms with Gasteiger partial charge in [0.15, 0.2) is 0 Å². The van der Waals surface area contributed by atoms with E-state index in [0.717, 1.165) is 5.56 Å². The van der Waals surface area contributed by atoms with E-state index in [9.17, 15) is 24.6 Å². The maximum Gasteiger partial charge on any atom is 0.339 e. The summed E-state index contributed by atoms with van der Waals surface area (Å²) in [4.78, 5) is 41.2. The van der Waals surface area contributed by atoms with Crippen LogP contribution in [0.2, 0.25) is 5.02 Å². The first-order chi connectivity index (χ1) is 21.8. The molecule has 220 valence electrons. The molecule has 1 aromatic heterocycles. The Morgan fingerprint density at radius 1 is 0.733 bits per heavy atom. The fourth-order valence-corrected chi connectivity index (χ4v) is 6.27. The molecule has 8 heteroatoms. The van der Waals surface area contributed by atoms with E-state index in [1.54, 1.807) is 66.7 Å². The predicted molar refractivity (Wildman–Crippen MR) is 173 cm³/mol. The number of aromatic nitrogens is 1. The third-order valence-corrected chi connectivity index (χ3v) is 8.48. The van der Waals surface area contributed by atoms with Gasteiger partial charge in [0.25, 0.3) is 5.56 Å². The molecule has 2 heterocycles. The average Bonchev–Trinajstić information content (AvgIpc) is 3.36. The van der Waals surface area contributed by atoms with Crippen molar-refractivity contribution in [3.63, 3.8) is 0 Å². The van der Waals surface area contributed by atoms with Crippen molar-refractivity contribution in [2.75, 3.05) is 0 Å². The van der Waals surface area contributed by atoms with E-state index >= 15 is 0 Å². The lowest BCUT2D eigenvalue weighted by molar-refractivity contribution is -0.141. The number of aliphatic carboxylic acids is 1. The van der Waals surface area contributed by atoms with E-state index in [-0.39, 0.29) is 11.3 Å². The van der Waals surface area contributed by atoms with Crippen molar-refractivity contribution < 1.29 is 24.5 Å². The number of cyclic esters (lactones) is 1. The molecule has 0 saturated carbocycles. The van der Waals surface area contributed by atoms with E-state index in [4.69, 9.17) is 16.3 Å². The van der Waals surface area contributed by atoms with E-state index < -0.39 is 24.0 Å². The zero-order chi connectivity index (χ0) is 31.2. The number of carboxylic acid groups (broad SMARTS) is 1. The summed E-state index contributed by atoms with van der Waals surface area (Å²) in [7, 11) is 0. The number of H-pyrrole nitrogens is 1. The number of carboxylic acids is 1. The van der Waals surface area contributed by atoms with Crippen LogP contribution in [-0.4, -0.2) is 27.1 Å². The summed E-state index contributed by atoms with van der Waals surface area (Å²) >= 11 is 6.65. The van der Waals surface area contributed by atoms with Crippen LogP contribution in [0.3, 0.4) is 0 Å². The second-order valence-corrected chi connectivity index (χ2v) is 11.3. The molecule has 0 fully saturated rings. The lowest BCUT2D eigenvalue weighted by atomic mass is 9.87. The van der Waals surface area contributed by atoms with Crippen molar-refractivity contribution in [2.45, 2.75) is 12.0 Å². The molecule has 0 radical (unpaired) electrons. The number of ether oxygens (including phenoxy) is 1. The number of esters is 1. The van der Waals surface area contributed by atoms with Crippen molar-refractivity contribution in [2.24, 2.45) is 0 Å². The van der Waals surface area contributed by atoms with Crippen LogP contribution >= 0.6 is 11.6 Å². The number of benzene rings is 5. The first kappa shape index (κ1) is 28.1. The molecule has 0 amide bonds. The number of aromatic hydroxyl groups is 1. The van der Waals surface area contributed by atoms with Crippen molar-refractivity contribution in [1.82, 2.24) is 4.98 Å². The molecule has 1 aliphatic heterocycles. The number of carbonyl (C=O) groups is 2. The number of aromatic amines is 1. The van der Waals surface area contributed by atoms with Gasteiger partial charge in [-0.25, -0.2) is 4.79 Å². The third-order valence-electron chi connectivity index (χ3n) is 8.17. The topological polar surface area (TPSA) is 117 Å². The van der Waals surface area contributed by atoms with Crippen molar-refractivity contribution >= 4 is 34.4 Å². The molecule has 0 aliphatic carbocycles. The van der Waals surface area contributed by atoms with E-state index in [1.165, 1.54) is 0 Å². The molecule has 0 saturated heterocycles. The smallest absolute Gasteiger partial charge is 0.339 e. The second-order valence-electron chi connectivity index (χ2n) is 10.9. The van der Waals surface area contributed by atoms with E-state index in [0.29, 0.717) is 60.4 Å². The Labute approximate surface area is 262 Å². The fraction of sp³-hybridized carbons (Fsp3) is 0.0541. The Balaban J connectivity index is 1.28. The number of halogens is 1. The highest BCUT2D eigenvalue weighted by molar-refractivity contribution is 6.34. The van der Waals surface area contributed by atoms with Gasteiger partial charge in [-0.3, -0.25) is 9.59 Å². The summed E-state index contributed by atoms with van der Waals surface area (Å²) in [5.41, 5.74) is 5.16. The average molecular weight is 614 g/mol. The van der Waals surface area contributed by atoms with Gasteiger partial charge in [-0.05, 0) is 64.0 Å². The van der Waals surface area contributed by atoms with Crippen LogP contribution in [0, 0.1) is 0 Å². The van der Waals surface area contributed by atoms with Crippen molar-refractivity contribution in [3.8, 4) is 39.1 Å². The van der Waals surface area contributed by atoms with Crippen LogP contribution in [-0.2, 0) is 9.53 Å². The predicted octanol–water partition coefficient (Wildman–Crippen LogP) is 7.97. The molecular weight excluding hydrogens is 590 g/mol. The first-order valence-electron chi connectivity index (χ1n) is 14.2. The first-order valence-corrected chi connectivity index (χ1v) is 14.5. The standard InChI is InChI=1S/C37H24ClNO6/c38-30-19-31-24(16-28(30)22-13-14-25(32(40)18-22)20-7-2-1-3-8-20)17-29(35(41)39-31)21-9-6-10-23(15-21)33(36(42)43)34-26-11-4-5-12-27(26)37(44)45-34/h1-19,33-34,40H,(H,39,41)(H,42,43). The van der Waals surface area contributed by atoms with Gasteiger partial charge in [0, 0.05) is 27.8 Å². The van der Waals surface area contributed by atoms with Gasteiger partial charge < -0.3 is 19.9 Å². The molecular formula is C37H24ClNO6. The van der Waals surface area contributed by atoms with Gasteiger partial charge in [-0.2, -0.15) is 0 Å². The van der Waals surface area contributed by atoms with E-state index in [2.05, 4.69) is 4.98 Å². The highest BCUT2D eigenvalue weighted by Gasteiger charge is 2.41. The summed E-state index contributed by atoms with van der Waals surface area (Å²) in [6.07, 6.45) is -1.01. The van der Waals surface area contributed by atoms with Crippen LogP contribution in [0.15, 0.2) is 120 Å². The summed E-state index contributed by atoms with van der Waals surface area (Å²) in [6.45, 7) is 0. The molecule has 3 N–H and O–H groups in total. The molecule has 45 heavy (non-hydrogen) atoms. The number of carbonyl (C=O) groups excluding carboxylic acids is 1. The quantitative estimate of drug-likeness (QED) is 0.164. The zero-order valence-corrected chi connectivity index (χ0v) is 24.3. The minimum absolute atomic E-state index is 0.109. The largest absolute Gasteiger partial charge is 0.507 e. The number of hydrogen-bond donors (Lipinski definition) is 3. The number of fused-ring (bicyclic) bond motifs is 2. The van der Waals surface area contributed by atoms with Crippen LogP contribution in [0.1, 0.15) is 33.5 Å². The lowest BCUT2D eigenvalue weighted by Gasteiger charge is -2.20. The lowest BCUT2D eigenvalue weighted by Crippen LogP contribution is -2.20. The molecule has 1 aliphatic rings. The number of phenols is 1. The fourth-order valence-electron chi connectivity index (χ4n) is 5.99. The van der Waals surface area contributed by atoms with Gasteiger partial charge in [0.05, 0.1) is 10.6 Å². The Hall–Kier alpha value is -5.66. The Bertz CT molecular complexity index is 2210. The van der Waals surface area contributed by atoms with Gasteiger partial charge in [-0.15, -0.1) is 0 Å². The normalized spacial score (nSPS) is 14.6. The Kier molecular flexibility index (Phi) is 6.95. The van der Waals surface area contributed by atoms with Crippen LogP contribution in [0.25, 0.3) is 44.3 Å². The molecule has 6 aromatic rings. The third kappa shape index (κ3) is 5.03. The minimum atomic E-state index is -1.19. The number of rotatable bonds is 6. The zero-order valence-electron chi connectivity index (χ0n) is 23.5. The van der Waals surface area contributed by atoms with Crippen LogP contribution < -0.4 is 5.56 Å². The van der Waals surface area contributed by atoms with Crippen molar-refractivity contribution in [1.29, 1.82) is 0 Å². The highest BCUT2D eigenvalue weighted by atomic mass is 35.5. The Morgan fingerprint density at radius 2 is 1.44 bits per heavy atom. The number of phenolic OH excluding ortho intramolecular Hbond substituents is 1. The molecule has 2 atom stereocenters. The van der Waals surface area contributed by atoms with Gasteiger partial charge in [-0.1, -0.05) is 90.5 Å². The van der Waals surface area contributed by atoms with Crippen LogP contribution in [0.5, 0.6) is 5.75 Å². The van der Waals surface area contributed by atoms with Gasteiger partial charge >= 0.3 is 11.9 Å². The van der Waals surface area contributed by atoms with Crippen molar-refractivity contribution in [3.05, 3.63) is 147 Å². The Morgan fingerprint density at radius 3 is 2.22 bits per heavy atom. The van der Waals surface area contributed by atoms with E-state index in [1.807, 2.05) is 48.5 Å². The summed E-state index contributed by atoms with van der Waals surface area (Å²) in [5.74, 6) is -2.80. The maximum absolute atomic E-state index is 13.3. The highest BCUT2D eigenvalue weighted by Crippen LogP contribution is 2.42. The summed E-state index contributed by atoms with van der Waals surface area (Å²) in [5, 5.41) is 22.2. The monoisotopic (exact) mass is 613 g/mol. The molecule has 0 bridgehead atoms. The van der Waals surface area contributed by atoms with Gasteiger partial charge in [0.2, 0.25) is 0 Å². The summed E-state index contributed by atoms with van der Waals surface area (Å²) < 4.78 is 5.53. The van der Waals surface area contributed by atoms with Gasteiger partial charge in [0.1, 0.15) is 17.8 Å². The summed E-state index contributed by atoms with van der Waals surface area (Å²) in [6, 6.07) is 33.6. The number of nitrogens with one attached hydrogen (secondary N) is 1. The van der Waals surface area contributed by atoms with Crippen LogP contribution in [0.4, 0.5) is 0 Å². The molecule has 0 spiro atoms. The number of hydrogen-bond acceptors (Lipinski definition) is 5. The maximum atomic E-state index is 13.3. The SMILES string of the molecule is O=C1OC(C(C(=O)O)c2cccc(-c3cc4cc(-c5ccc(-c6ccccc6)c(O)c5)c(Cl)cc4[nH]c3=O)c2)c2ccccc21. The molecule has 7 rings (SSSR count).